The van der Waals surface area contributed by atoms with Crippen LogP contribution in [0.25, 0.3) is 0 Å². The van der Waals surface area contributed by atoms with Gasteiger partial charge in [-0.1, -0.05) is 19.8 Å². The van der Waals surface area contributed by atoms with E-state index in [-0.39, 0.29) is 6.42 Å². The molecule has 1 fully saturated rings. The van der Waals surface area contributed by atoms with E-state index in [4.69, 9.17) is 4.74 Å². The first-order valence-corrected chi connectivity index (χ1v) is 5.32. The van der Waals surface area contributed by atoms with Crippen LogP contribution in [0, 0.1) is 0 Å². The van der Waals surface area contributed by atoms with E-state index in [2.05, 4.69) is 5.32 Å². The van der Waals surface area contributed by atoms with Crippen LogP contribution in [0.4, 0.5) is 13.2 Å². The normalized spacial score (nSPS) is 33.0. The molecule has 0 radical (unpaired) electrons. The second-order valence-corrected chi connectivity index (χ2v) is 3.97. The fourth-order valence-electron chi connectivity index (χ4n) is 2.40. The van der Waals surface area contributed by atoms with E-state index in [0.717, 1.165) is 6.42 Å². The van der Waals surface area contributed by atoms with Crippen LogP contribution in [-0.2, 0) is 4.74 Å². The van der Waals surface area contributed by atoms with Gasteiger partial charge in [-0.3, -0.25) is 0 Å². The molecule has 0 saturated heterocycles. The molecule has 90 valence electrons. The summed E-state index contributed by atoms with van der Waals surface area (Å²) in [5.41, 5.74) is -1.84. The average molecular weight is 225 g/mol. The van der Waals surface area contributed by atoms with Gasteiger partial charge < -0.3 is 10.1 Å². The van der Waals surface area contributed by atoms with Crippen molar-refractivity contribution in [1.82, 2.24) is 5.32 Å². The second kappa shape index (κ2) is 4.70. The molecule has 1 N–H and O–H groups in total. The van der Waals surface area contributed by atoms with Crippen LogP contribution in [0.5, 0.6) is 0 Å². The average Bonchev–Trinajstić information content (AvgIpc) is 2.17. The minimum atomic E-state index is -4.25. The van der Waals surface area contributed by atoms with E-state index in [1.54, 1.807) is 6.92 Å². The van der Waals surface area contributed by atoms with Gasteiger partial charge in [0.1, 0.15) is 5.54 Å². The highest BCUT2D eigenvalue weighted by Crippen LogP contribution is 2.42. The predicted molar refractivity (Wildman–Crippen MR) is 51.7 cm³/mol. The molecule has 1 aliphatic carbocycles. The van der Waals surface area contributed by atoms with Crippen LogP contribution in [0.1, 0.15) is 32.6 Å². The summed E-state index contributed by atoms with van der Waals surface area (Å²) in [6.07, 6.45) is -3.00. The van der Waals surface area contributed by atoms with Crippen molar-refractivity contribution in [2.45, 2.75) is 50.4 Å². The van der Waals surface area contributed by atoms with Crippen LogP contribution in [0.3, 0.4) is 0 Å². The van der Waals surface area contributed by atoms with Gasteiger partial charge in [-0.2, -0.15) is 13.2 Å². The van der Waals surface area contributed by atoms with E-state index in [9.17, 15) is 13.2 Å². The lowest BCUT2D eigenvalue weighted by molar-refractivity contribution is -0.237. The zero-order valence-corrected chi connectivity index (χ0v) is 9.16. The van der Waals surface area contributed by atoms with E-state index in [1.807, 2.05) is 0 Å². The van der Waals surface area contributed by atoms with Gasteiger partial charge in [0.05, 0.1) is 6.10 Å². The zero-order chi connectivity index (χ0) is 11.5. The van der Waals surface area contributed by atoms with Gasteiger partial charge in [0.15, 0.2) is 0 Å². The number of likely N-dealkylation sites (N-methyl/N-ethyl adjacent to an activating group) is 1. The molecule has 0 amide bonds. The van der Waals surface area contributed by atoms with Gasteiger partial charge in [-0.25, -0.2) is 0 Å². The Morgan fingerprint density at radius 1 is 1.40 bits per heavy atom. The van der Waals surface area contributed by atoms with Crippen molar-refractivity contribution in [1.29, 1.82) is 0 Å². The van der Waals surface area contributed by atoms with Gasteiger partial charge in [0.2, 0.25) is 0 Å². The van der Waals surface area contributed by atoms with Crippen molar-refractivity contribution >= 4 is 0 Å². The lowest BCUT2D eigenvalue weighted by Gasteiger charge is -2.44. The Morgan fingerprint density at radius 2 is 2.07 bits per heavy atom. The number of hydrogen-bond acceptors (Lipinski definition) is 2. The Morgan fingerprint density at radius 3 is 2.53 bits per heavy atom. The van der Waals surface area contributed by atoms with E-state index >= 15 is 0 Å². The highest BCUT2D eigenvalue weighted by Gasteiger charge is 2.59. The zero-order valence-electron chi connectivity index (χ0n) is 9.16. The molecule has 0 aromatic carbocycles. The molecule has 15 heavy (non-hydrogen) atoms. The summed E-state index contributed by atoms with van der Waals surface area (Å²) >= 11 is 0. The van der Waals surface area contributed by atoms with E-state index < -0.39 is 17.8 Å². The molecule has 0 aromatic heterocycles. The number of nitrogens with one attached hydrogen (secondary N) is 1. The smallest absolute Gasteiger partial charge is 0.379 e. The maximum atomic E-state index is 13.1. The monoisotopic (exact) mass is 225 g/mol. The van der Waals surface area contributed by atoms with Crippen LogP contribution in [0.2, 0.25) is 0 Å². The van der Waals surface area contributed by atoms with Crippen molar-refractivity contribution in [3.63, 3.8) is 0 Å². The lowest BCUT2D eigenvalue weighted by Crippen LogP contribution is -2.65. The molecule has 0 bridgehead atoms. The molecule has 0 heterocycles. The molecule has 1 aliphatic rings. The fourth-order valence-corrected chi connectivity index (χ4v) is 2.40. The first kappa shape index (κ1) is 12.8. The quantitative estimate of drug-likeness (QED) is 0.796. The highest BCUT2D eigenvalue weighted by molar-refractivity contribution is 5.03. The molecule has 2 nitrogen and oxygen atoms in total. The van der Waals surface area contributed by atoms with Gasteiger partial charge in [-0.05, 0) is 19.4 Å². The van der Waals surface area contributed by atoms with Crippen LogP contribution >= 0.6 is 0 Å². The first-order chi connectivity index (χ1) is 6.98. The molecule has 2 unspecified atom stereocenters. The van der Waals surface area contributed by atoms with Crippen molar-refractivity contribution in [2.24, 2.45) is 0 Å². The predicted octanol–water partition coefficient (Wildman–Crippen LogP) is 2.49. The third-order valence-corrected chi connectivity index (χ3v) is 3.12. The summed E-state index contributed by atoms with van der Waals surface area (Å²) in [7, 11) is 1.35. The topological polar surface area (TPSA) is 21.3 Å². The SMILES string of the molecule is CCNC1(C(F)(F)F)CCCCC1OC. The molecular formula is C10H18F3NO. The summed E-state index contributed by atoms with van der Waals surface area (Å²) in [5, 5.41) is 2.59. The van der Waals surface area contributed by atoms with Crippen molar-refractivity contribution in [3.05, 3.63) is 0 Å². The molecule has 5 heteroatoms. The summed E-state index contributed by atoms with van der Waals surface area (Å²) in [6.45, 7) is 1.99. The van der Waals surface area contributed by atoms with Gasteiger partial charge in [-0.15, -0.1) is 0 Å². The second-order valence-electron chi connectivity index (χ2n) is 3.97. The number of halogens is 3. The number of ether oxygens (including phenoxy) is 1. The largest absolute Gasteiger partial charge is 0.409 e. The van der Waals surface area contributed by atoms with Crippen molar-refractivity contribution in [2.75, 3.05) is 13.7 Å². The minimum Gasteiger partial charge on any atom is -0.379 e. The summed E-state index contributed by atoms with van der Waals surface area (Å²) in [4.78, 5) is 0. The molecule has 1 rings (SSSR count). The summed E-state index contributed by atoms with van der Waals surface area (Å²) in [5.74, 6) is 0. The summed E-state index contributed by atoms with van der Waals surface area (Å²) < 4.78 is 44.2. The molecule has 0 aliphatic heterocycles. The maximum absolute atomic E-state index is 13.1. The molecule has 2 atom stereocenters. The van der Waals surface area contributed by atoms with Crippen LogP contribution < -0.4 is 5.32 Å². The van der Waals surface area contributed by atoms with Gasteiger partial charge >= 0.3 is 6.18 Å². The van der Waals surface area contributed by atoms with Crippen LogP contribution in [-0.4, -0.2) is 31.5 Å². The molecular weight excluding hydrogens is 207 g/mol. The van der Waals surface area contributed by atoms with Crippen LogP contribution in [0.15, 0.2) is 0 Å². The van der Waals surface area contributed by atoms with Crippen molar-refractivity contribution < 1.29 is 17.9 Å². The third kappa shape index (κ3) is 2.28. The molecule has 0 spiro atoms. The lowest BCUT2D eigenvalue weighted by atomic mass is 9.78. The van der Waals surface area contributed by atoms with Gasteiger partial charge in [0, 0.05) is 7.11 Å². The number of methoxy groups -OCH3 is 1. The Labute approximate surface area is 88.2 Å². The highest BCUT2D eigenvalue weighted by atomic mass is 19.4. The van der Waals surface area contributed by atoms with E-state index in [1.165, 1.54) is 7.11 Å². The number of hydrogen-bond donors (Lipinski definition) is 1. The van der Waals surface area contributed by atoms with Gasteiger partial charge in [0.25, 0.3) is 0 Å². The molecule has 1 saturated carbocycles. The van der Waals surface area contributed by atoms with E-state index in [0.29, 0.717) is 19.4 Å². The Kier molecular flexibility index (Phi) is 4.00. The fraction of sp³-hybridized carbons (Fsp3) is 1.00. The maximum Gasteiger partial charge on any atom is 0.409 e. The number of rotatable bonds is 3. The summed E-state index contributed by atoms with van der Waals surface area (Å²) in [6, 6.07) is 0. The Bertz CT molecular complexity index is 203. The van der Waals surface area contributed by atoms with Crippen molar-refractivity contribution in [3.8, 4) is 0 Å². The minimum absolute atomic E-state index is 0.114. The number of alkyl halides is 3. The standard InChI is InChI=1S/C10H18F3NO/c1-3-14-9(10(11,12)13)7-5-4-6-8(9)15-2/h8,14H,3-7H2,1-2H3. The molecule has 0 aromatic rings. The Hall–Kier alpha value is -0.290. The third-order valence-electron chi connectivity index (χ3n) is 3.12. The first-order valence-electron chi connectivity index (χ1n) is 5.32. The Balaban J connectivity index is 2.94.